The van der Waals surface area contributed by atoms with Crippen LogP contribution < -0.4 is 0 Å². The molecule has 0 N–H and O–H groups in total. The average molecular weight is 634 g/mol. The number of benzene rings is 3. The molecule has 9 heteroatoms. The molecule has 0 saturated carbocycles. The first kappa shape index (κ1) is 29.2. The first-order chi connectivity index (χ1) is 18.3. The molecule has 0 aliphatic carbocycles. The molecule has 3 aromatic rings. The van der Waals surface area contributed by atoms with Gasteiger partial charge in [-0.05, 0) is 80.1 Å². The molecule has 1 heterocycles. The maximum absolute atomic E-state index is 13.1. The Labute approximate surface area is 246 Å². The van der Waals surface area contributed by atoms with Gasteiger partial charge in [0.1, 0.15) is 5.54 Å². The number of carbonyl (C=O) groups is 1. The third-order valence-electron chi connectivity index (χ3n) is 6.20. The molecule has 4 rings (SSSR count). The van der Waals surface area contributed by atoms with Gasteiger partial charge in [0.2, 0.25) is 0 Å². The first-order valence-corrected chi connectivity index (χ1v) is 15.3. The van der Waals surface area contributed by atoms with Gasteiger partial charge >= 0.3 is 5.97 Å². The minimum atomic E-state index is -0.790. The summed E-state index contributed by atoms with van der Waals surface area (Å²) in [6.45, 7) is 6.35. The molecule has 5 nitrogen and oxygen atoms in total. The number of nitrogens with zero attached hydrogens (tertiary/aromatic N) is 2. The number of morpholine rings is 1. The Kier molecular flexibility index (Phi) is 10.8. The fourth-order valence-electron chi connectivity index (χ4n) is 3.85. The molecule has 0 unspecified atom stereocenters. The van der Waals surface area contributed by atoms with Crippen molar-refractivity contribution < 1.29 is 14.4 Å². The van der Waals surface area contributed by atoms with Crippen molar-refractivity contribution in [3.05, 3.63) is 87.9 Å². The van der Waals surface area contributed by atoms with E-state index in [1.54, 1.807) is 23.5 Å². The third-order valence-corrected chi connectivity index (χ3v) is 9.01. The maximum Gasteiger partial charge on any atom is 0.354 e. The largest absolute Gasteiger partial charge is 0.379 e. The van der Waals surface area contributed by atoms with Crippen molar-refractivity contribution in [2.24, 2.45) is 5.16 Å². The van der Waals surface area contributed by atoms with Crippen molar-refractivity contribution in [2.45, 2.75) is 40.5 Å². The fourth-order valence-corrected chi connectivity index (χ4v) is 5.92. The van der Waals surface area contributed by atoms with Crippen molar-refractivity contribution in [1.82, 2.24) is 4.90 Å². The second-order valence-electron chi connectivity index (χ2n) is 9.21. The highest BCUT2D eigenvalue weighted by Gasteiger charge is 2.37. The van der Waals surface area contributed by atoms with Crippen molar-refractivity contribution in [2.75, 3.05) is 32.1 Å². The number of carbonyl (C=O) groups excluding carboxylic acids is 1. The molecule has 1 aliphatic rings. The van der Waals surface area contributed by atoms with Crippen LogP contribution in [-0.4, -0.2) is 54.2 Å². The van der Waals surface area contributed by atoms with Crippen LogP contribution in [0.15, 0.2) is 97.1 Å². The molecule has 3 aromatic carbocycles. The van der Waals surface area contributed by atoms with E-state index in [4.69, 9.17) is 21.2 Å². The standard InChI is InChI=1S/C29H30BrClN2O3S2/c1-29(2,33-16-18-35-19-17-33)28(34)36-32-27(15-20-37-24-13-7-23(31)8-14-24)21-3-9-25(10-4-21)38-26-11-5-22(30)6-12-26/h3-14H,15-20H2,1-2H3. The molecule has 0 atom stereocenters. The smallest absolute Gasteiger partial charge is 0.354 e. The number of halogens is 2. The van der Waals surface area contributed by atoms with E-state index in [0.717, 1.165) is 36.2 Å². The van der Waals surface area contributed by atoms with Crippen LogP contribution in [0.5, 0.6) is 0 Å². The van der Waals surface area contributed by atoms with Crippen LogP contribution in [0.2, 0.25) is 5.02 Å². The summed E-state index contributed by atoms with van der Waals surface area (Å²) in [5.74, 6) is 0.407. The highest BCUT2D eigenvalue weighted by molar-refractivity contribution is 9.10. The van der Waals surface area contributed by atoms with Gasteiger partial charge in [-0.15, -0.1) is 11.8 Å². The lowest BCUT2D eigenvalue weighted by atomic mass is 10.0. The molecule has 1 fully saturated rings. The molecule has 38 heavy (non-hydrogen) atoms. The van der Waals surface area contributed by atoms with Gasteiger partial charge < -0.3 is 9.57 Å². The summed E-state index contributed by atoms with van der Waals surface area (Å²) in [4.78, 5) is 24.1. The summed E-state index contributed by atoms with van der Waals surface area (Å²) in [7, 11) is 0. The molecule has 0 amide bonds. The van der Waals surface area contributed by atoms with E-state index in [-0.39, 0.29) is 5.97 Å². The lowest BCUT2D eigenvalue weighted by Gasteiger charge is -2.37. The maximum atomic E-state index is 13.1. The second kappa shape index (κ2) is 14.0. The van der Waals surface area contributed by atoms with E-state index in [2.05, 4.69) is 50.3 Å². The Bertz CT molecular complexity index is 1230. The molecular weight excluding hydrogens is 604 g/mol. The molecule has 0 aromatic heterocycles. The Balaban J connectivity index is 1.47. The van der Waals surface area contributed by atoms with Crippen LogP contribution in [0, 0.1) is 0 Å². The SMILES string of the molecule is CC(C)(C(=O)ON=C(CCSc1ccc(Cl)cc1)c1ccc(Sc2ccc(Br)cc2)cc1)N1CCOCC1. The van der Waals surface area contributed by atoms with E-state index < -0.39 is 5.54 Å². The minimum absolute atomic E-state index is 0.371. The highest BCUT2D eigenvalue weighted by Crippen LogP contribution is 2.29. The van der Waals surface area contributed by atoms with Crippen LogP contribution in [0.1, 0.15) is 25.8 Å². The monoisotopic (exact) mass is 632 g/mol. The van der Waals surface area contributed by atoms with Crippen molar-refractivity contribution >= 4 is 62.7 Å². The predicted molar refractivity (Wildman–Crippen MR) is 161 cm³/mol. The van der Waals surface area contributed by atoms with Crippen LogP contribution >= 0.6 is 51.1 Å². The van der Waals surface area contributed by atoms with Crippen LogP contribution in [0.25, 0.3) is 0 Å². The highest BCUT2D eigenvalue weighted by atomic mass is 79.9. The lowest BCUT2D eigenvalue weighted by Crippen LogP contribution is -2.54. The number of hydrogen-bond donors (Lipinski definition) is 0. The zero-order valence-corrected chi connectivity index (χ0v) is 25.3. The molecule has 1 saturated heterocycles. The predicted octanol–water partition coefficient (Wildman–Crippen LogP) is 7.79. The molecular formula is C29H30BrClN2O3S2. The van der Waals surface area contributed by atoms with Crippen LogP contribution in [0.4, 0.5) is 0 Å². The topological polar surface area (TPSA) is 51.1 Å². The molecule has 0 bridgehead atoms. The fraction of sp³-hybridized carbons (Fsp3) is 0.310. The Morgan fingerprint density at radius 3 is 2.18 bits per heavy atom. The number of thioether (sulfide) groups is 1. The Hall–Kier alpha value is -1.81. The summed E-state index contributed by atoms with van der Waals surface area (Å²) in [5, 5.41) is 5.10. The Morgan fingerprint density at radius 2 is 1.55 bits per heavy atom. The van der Waals surface area contributed by atoms with Gasteiger partial charge in [0.15, 0.2) is 0 Å². The van der Waals surface area contributed by atoms with Gasteiger partial charge in [-0.2, -0.15) is 0 Å². The first-order valence-electron chi connectivity index (χ1n) is 12.3. The summed E-state index contributed by atoms with van der Waals surface area (Å²) in [5.41, 5.74) is 0.873. The average Bonchev–Trinajstić information content (AvgIpc) is 2.93. The van der Waals surface area contributed by atoms with Gasteiger partial charge in [0.05, 0.1) is 18.9 Å². The summed E-state index contributed by atoms with van der Waals surface area (Å²) in [6.07, 6.45) is 0.637. The van der Waals surface area contributed by atoms with E-state index in [1.807, 2.05) is 62.4 Å². The van der Waals surface area contributed by atoms with Crippen LogP contribution in [0.3, 0.4) is 0 Å². The Morgan fingerprint density at radius 1 is 0.974 bits per heavy atom. The molecule has 0 spiro atoms. The van der Waals surface area contributed by atoms with Crippen LogP contribution in [-0.2, 0) is 14.4 Å². The number of rotatable bonds is 10. The van der Waals surface area contributed by atoms with Crippen molar-refractivity contribution in [3.8, 4) is 0 Å². The molecule has 1 aliphatic heterocycles. The summed E-state index contributed by atoms with van der Waals surface area (Å²) in [6, 6.07) is 24.2. The normalized spacial score (nSPS) is 14.9. The van der Waals surface area contributed by atoms with E-state index in [0.29, 0.717) is 37.7 Å². The number of oxime groups is 1. The quantitative estimate of drug-likeness (QED) is 0.0983. The van der Waals surface area contributed by atoms with Gasteiger partial charge in [0, 0.05) is 49.4 Å². The van der Waals surface area contributed by atoms with Gasteiger partial charge in [-0.25, -0.2) is 4.79 Å². The van der Waals surface area contributed by atoms with Gasteiger partial charge in [-0.1, -0.05) is 56.6 Å². The molecule has 200 valence electrons. The zero-order chi connectivity index (χ0) is 27.0. The lowest BCUT2D eigenvalue weighted by molar-refractivity contribution is -0.159. The van der Waals surface area contributed by atoms with Crippen molar-refractivity contribution in [1.29, 1.82) is 0 Å². The van der Waals surface area contributed by atoms with Crippen molar-refractivity contribution in [3.63, 3.8) is 0 Å². The zero-order valence-electron chi connectivity index (χ0n) is 21.4. The number of hydrogen-bond acceptors (Lipinski definition) is 7. The summed E-state index contributed by atoms with van der Waals surface area (Å²) >= 11 is 12.9. The van der Waals surface area contributed by atoms with E-state index in [9.17, 15) is 4.79 Å². The van der Waals surface area contributed by atoms with E-state index in [1.165, 1.54) is 0 Å². The second-order valence-corrected chi connectivity index (χ2v) is 12.9. The summed E-state index contributed by atoms with van der Waals surface area (Å²) < 4.78 is 6.49. The number of ether oxygens (including phenoxy) is 1. The minimum Gasteiger partial charge on any atom is -0.379 e. The van der Waals surface area contributed by atoms with E-state index >= 15 is 0 Å². The molecule has 0 radical (unpaired) electrons. The van der Waals surface area contributed by atoms with Gasteiger partial charge in [0.25, 0.3) is 0 Å². The van der Waals surface area contributed by atoms with Gasteiger partial charge in [-0.3, -0.25) is 4.90 Å². The third kappa shape index (κ3) is 8.34.